The Morgan fingerprint density at radius 1 is 1.00 bits per heavy atom. The average molecular weight is 612 g/mol. The molecule has 0 spiro atoms. The second-order valence-corrected chi connectivity index (χ2v) is 13.0. The second-order valence-electron chi connectivity index (χ2n) is 10.4. The highest BCUT2D eigenvalue weighted by Gasteiger charge is 2.40. The van der Waals surface area contributed by atoms with E-state index in [9.17, 15) is 36.5 Å². The molecular formula is C27H28F3N3O6S2. The lowest BCUT2D eigenvalue weighted by atomic mass is 9.84. The summed E-state index contributed by atoms with van der Waals surface area (Å²) in [5.41, 5.74) is -3.57. The summed E-state index contributed by atoms with van der Waals surface area (Å²) in [4.78, 5) is 27.6. The number of halogens is 3. The van der Waals surface area contributed by atoms with Gasteiger partial charge in [-0.25, -0.2) is 0 Å². The molecule has 1 aliphatic heterocycles. The minimum Gasteiger partial charge on any atom is -0.361 e. The van der Waals surface area contributed by atoms with Gasteiger partial charge >= 0.3 is 6.18 Å². The first kappa shape index (κ1) is 29.4. The van der Waals surface area contributed by atoms with Crippen molar-refractivity contribution in [3.8, 4) is 0 Å². The van der Waals surface area contributed by atoms with Crippen molar-refractivity contribution in [2.24, 2.45) is 0 Å². The van der Waals surface area contributed by atoms with E-state index in [1.807, 2.05) is 4.90 Å². The molecule has 1 saturated heterocycles. The molecular weight excluding hydrogens is 583 g/mol. The Labute approximate surface area is 238 Å². The van der Waals surface area contributed by atoms with Crippen LogP contribution in [0, 0.1) is 10.1 Å². The highest BCUT2D eigenvalue weighted by molar-refractivity contribution is 7.86. The second kappa shape index (κ2) is 11.3. The van der Waals surface area contributed by atoms with Gasteiger partial charge in [-0.05, 0) is 31.0 Å². The number of hydrogen-bond donors (Lipinski definition) is 0. The van der Waals surface area contributed by atoms with Gasteiger partial charge in [0.25, 0.3) is 15.8 Å². The van der Waals surface area contributed by atoms with Crippen LogP contribution in [0.3, 0.4) is 0 Å². The fourth-order valence-corrected chi connectivity index (χ4v) is 8.01. The van der Waals surface area contributed by atoms with Crippen LogP contribution in [0.5, 0.6) is 0 Å². The van der Waals surface area contributed by atoms with Gasteiger partial charge in [-0.1, -0.05) is 37.5 Å². The summed E-state index contributed by atoms with van der Waals surface area (Å²) in [6.07, 6.45) is -0.911. The Balaban J connectivity index is 1.34. The minimum absolute atomic E-state index is 0.103. The topological polar surface area (TPSA) is 110 Å². The molecule has 220 valence electrons. The van der Waals surface area contributed by atoms with Crippen molar-refractivity contribution < 1.29 is 30.7 Å². The first-order valence-electron chi connectivity index (χ1n) is 13.2. The van der Waals surface area contributed by atoms with Gasteiger partial charge in [0, 0.05) is 50.2 Å². The maximum atomic E-state index is 13.3. The van der Waals surface area contributed by atoms with Gasteiger partial charge in [0.15, 0.2) is 5.43 Å². The fourth-order valence-electron chi connectivity index (χ4n) is 5.55. The van der Waals surface area contributed by atoms with E-state index in [1.165, 1.54) is 18.2 Å². The van der Waals surface area contributed by atoms with Gasteiger partial charge < -0.3 is 4.90 Å². The first-order valence-corrected chi connectivity index (χ1v) is 15.4. The molecule has 2 aromatic carbocycles. The number of piperazine rings is 1. The van der Waals surface area contributed by atoms with E-state index in [0.29, 0.717) is 62.7 Å². The van der Waals surface area contributed by atoms with Gasteiger partial charge in [0.2, 0.25) is 0 Å². The Hall–Kier alpha value is -3.07. The molecule has 0 unspecified atom stereocenters. The Morgan fingerprint density at radius 2 is 1.66 bits per heavy atom. The van der Waals surface area contributed by atoms with Gasteiger partial charge in [-0.3, -0.25) is 24.0 Å². The molecule has 9 nitrogen and oxygen atoms in total. The molecule has 14 heteroatoms. The number of nitrogens with zero attached hydrogens (tertiary/aromatic N) is 3. The van der Waals surface area contributed by atoms with E-state index in [1.54, 1.807) is 18.2 Å². The summed E-state index contributed by atoms with van der Waals surface area (Å²) < 4.78 is 71.9. The first-order chi connectivity index (χ1) is 19.4. The predicted molar refractivity (Wildman–Crippen MR) is 149 cm³/mol. The van der Waals surface area contributed by atoms with E-state index in [0.717, 1.165) is 30.6 Å². The molecule has 0 radical (unpaired) electrons. The van der Waals surface area contributed by atoms with Crippen molar-refractivity contribution in [2.45, 2.75) is 48.8 Å². The zero-order valence-electron chi connectivity index (χ0n) is 21.9. The lowest BCUT2D eigenvalue weighted by Gasteiger charge is -2.43. The molecule has 5 rings (SSSR count). The van der Waals surface area contributed by atoms with Crippen LogP contribution in [0.4, 0.5) is 23.9 Å². The van der Waals surface area contributed by atoms with Crippen LogP contribution in [0.1, 0.15) is 37.7 Å². The molecule has 2 aliphatic rings. The molecule has 2 heterocycles. The van der Waals surface area contributed by atoms with Crippen molar-refractivity contribution >= 4 is 42.2 Å². The third kappa shape index (κ3) is 6.40. The Bertz CT molecular complexity index is 1600. The maximum absolute atomic E-state index is 13.3. The number of alkyl halides is 3. The summed E-state index contributed by atoms with van der Waals surface area (Å²) in [6, 6.07) is 10.4. The van der Waals surface area contributed by atoms with E-state index < -0.39 is 43.5 Å². The Morgan fingerprint density at radius 3 is 2.27 bits per heavy atom. The summed E-state index contributed by atoms with van der Waals surface area (Å²) >= 11 is 0.918. The molecule has 3 aromatic rings. The summed E-state index contributed by atoms with van der Waals surface area (Å²) in [6.45, 7) is 2.33. The lowest BCUT2D eigenvalue weighted by Crippen LogP contribution is -2.54. The number of hydrogen-bond acceptors (Lipinski definition) is 9. The third-order valence-electron chi connectivity index (χ3n) is 7.60. The van der Waals surface area contributed by atoms with Crippen LogP contribution < -0.4 is 10.3 Å². The van der Waals surface area contributed by atoms with Crippen molar-refractivity contribution in [1.82, 2.24) is 4.90 Å². The molecule has 1 aliphatic carbocycles. The largest absolute Gasteiger partial charge is 0.416 e. The molecule has 2 fully saturated rings. The number of fused-ring (bicyclic) bond motifs is 1. The number of anilines is 1. The number of nitro groups is 1. The Kier molecular flexibility index (Phi) is 8.12. The van der Waals surface area contributed by atoms with Gasteiger partial charge in [0.1, 0.15) is 10.3 Å². The molecule has 0 atom stereocenters. The van der Waals surface area contributed by atoms with Crippen LogP contribution >= 0.6 is 11.3 Å². The highest BCUT2D eigenvalue weighted by atomic mass is 32.2. The number of rotatable bonds is 7. The zero-order valence-corrected chi connectivity index (χ0v) is 23.6. The van der Waals surface area contributed by atoms with Crippen LogP contribution in [-0.2, 0) is 20.5 Å². The van der Waals surface area contributed by atoms with E-state index in [-0.39, 0.29) is 15.0 Å². The van der Waals surface area contributed by atoms with Gasteiger partial charge in [0.05, 0.1) is 20.4 Å². The lowest BCUT2D eigenvalue weighted by molar-refractivity contribution is -0.383. The van der Waals surface area contributed by atoms with Gasteiger partial charge in [-0.2, -0.15) is 21.6 Å². The number of benzene rings is 2. The minimum atomic E-state index is -4.83. The monoisotopic (exact) mass is 611 g/mol. The molecule has 0 amide bonds. The highest BCUT2D eigenvalue weighted by Crippen LogP contribution is 2.40. The molecule has 1 saturated carbocycles. The van der Waals surface area contributed by atoms with Crippen molar-refractivity contribution in [1.29, 1.82) is 0 Å². The normalized spacial score (nSPS) is 18.5. The van der Waals surface area contributed by atoms with Gasteiger partial charge in [-0.15, -0.1) is 11.3 Å². The number of non-ortho nitro benzene ring substituents is 1. The number of nitro benzene ring substituents is 1. The van der Waals surface area contributed by atoms with Crippen LogP contribution in [0.15, 0.2) is 58.2 Å². The molecule has 41 heavy (non-hydrogen) atoms. The quantitative estimate of drug-likeness (QED) is 0.198. The summed E-state index contributed by atoms with van der Waals surface area (Å²) in [5, 5.41) is 11.7. The molecule has 0 bridgehead atoms. The summed E-state index contributed by atoms with van der Waals surface area (Å²) in [5.74, 6) is 0. The van der Waals surface area contributed by atoms with Crippen LogP contribution in [-0.4, -0.2) is 56.6 Å². The van der Waals surface area contributed by atoms with Crippen molar-refractivity contribution in [3.05, 3.63) is 74.4 Å². The van der Waals surface area contributed by atoms with Crippen LogP contribution in [0.2, 0.25) is 0 Å². The van der Waals surface area contributed by atoms with E-state index >= 15 is 0 Å². The van der Waals surface area contributed by atoms with Crippen molar-refractivity contribution in [2.75, 3.05) is 37.6 Å². The SMILES string of the molecule is O=c1cc(N2CCN(CC3(OS(=O)(=O)c4ccccc4)CCCCC3)CC2)sc2c([N+](=O)[O-])cc(C(F)(F)F)cc12. The zero-order chi connectivity index (χ0) is 29.4. The van der Waals surface area contributed by atoms with Crippen LogP contribution in [0.25, 0.3) is 10.1 Å². The average Bonchev–Trinajstić information content (AvgIpc) is 2.93. The van der Waals surface area contributed by atoms with Crippen molar-refractivity contribution in [3.63, 3.8) is 0 Å². The maximum Gasteiger partial charge on any atom is 0.416 e. The fraction of sp³-hybridized carbons (Fsp3) is 0.444. The summed E-state index contributed by atoms with van der Waals surface area (Å²) in [7, 11) is -3.97. The van der Waals surface area contributed by atoms with E-state index in [4.69, 9.17) is 4.18 Å². The third-order valence-corrected chi connectivity index (χ3v) is 10.2. The molecule has 0 N–H and O–H groups in total. The molecule has 1 aromatic heterocycles. The standard InChI is InChI=1S/C27H28F3N3O6S2/c28-27(29,30)19-15-21-23(34)17-24(40-25(21)22(16-19)33(35)36)32-13-11-31(12-14-32)18-26(9-5-2-6-10-26)39-41(37,38)20-7-3-1-4-8-20/h1,3-4,7-8,15-17H,2,5-6,9-14,18H2. The smallest absolute Gasteiger partial charge is 0.361 e. The van der Waals surface area contributed by atoms with E-state index in [2.05, 4.69) is 4.90 Å². The predicted octanol–water partition coefficient (Wildman–Crippen LogP) is 5.42.